The fourth-order valence-electron chi connectivity index (χ4n) is 5.88. The van der Waals surface area contributed by atoms with E-state index in [0.29, 0.717) is 24.8 Å². The molecule has 0 saturated carbocycles. The molecule has 0 aliphatic carbocycles. The number of likely N-dealkylation sites (tertiary alicyclic amines) is 1. The number of amides is 2. The van der Waals surface area contributed by atoms with Gasteiger partial charge in [0.1, 0.15) is 35.8 Å². The van der Waals surface area contributed by atoms with Gasteiger partial charge in [0.05, 0.1) is 24.6 Å². The van der Waals surface area contributed by atoms with E-state index in [0.717, 1.165) is 85.9 Å². The molecule has 12 heteroatoms. The summed E-state index contributed by atoms with van der Waals surface area (Å²) in [7, 11) is 2.08. The van der Waals surface area contributed by atoms with Crippen molar-refractivity contribution in [2.24, 2.45) is 11.8 Å². The lowest BCUT2D eigenvalue weighted by Crippen LogP contribution is -2.36. The van der Waals surface area contributed by atoms with Crippen molar-refractivity contribution in [1.82, 2.24) is 30.2 Å². The third-order valence-corrected chi connectivity index (χ3v) is 8.56. The van der Waals surface area contributed by atoms with Gasteiger partial charge in [-0.3, -0.25) is 9.59 Å². The molecule has 2 aromatic carbocycles. The average Bonchev–Trinajstić information content (AvgIpc) is 3.13. The highest BCUT2D eigenvalue weighted by atomic mass is 16.5. The molecule has 2 aliphatic rings. The number of benzene rings is 2. The number of piperidine rings is 2. The minimum Gasteiger partial charge on any atom is -0.493 e. The second-order valence-electron chi connectivity index (χ2n) is 12.0. The number of rotatable bonds is 10. The van der Waals surface area contributed by atoms with Crippen molar-refractivity contribution in [2.45, 2.75) is 54.4 Å². The van der Waals surface area contributed by atoms with Crippen molar-refractivity contribution < 1.29 is 19.1 Å². The average molecular weight is 699 g/mol. The Morgan fingerprint density at radius 2 is 1.14 bits per heavy atom. The first kappa shape index (κ1) is 40.5. The molecule has 2 aliphatic heterocycles. The first-order valence-corrected chi connectivity index (χ1v) is 17.0. The van der Waals surface area contributed by atoms with Crippen LogP contribution in [0.1, 0.15) is 54.4 Å². The molecule has 6 rings (SSSR count). The standard InChI is InChI=1S/C19H24N4O2.C18H22N4O2.2CH4/c1-3-25-17-7-5-4-6-15(17)16-12-18(21-13-20-16)22-19(24)14-8-10-23(2)11-9-14;1-2-24-16-6-4-3-5-14(16)15-11-17(21-12-20-15)22-18(23)13-7-9-19-10-8-13;;/h4-7,12-14H,3,8-11H2,1-2H3,(H,20,21,22,24);3-6,11-13,19H,2,7-10H2,1H3,(H,20,21,22,23);2*1H4. The number of carbonyl (C=O) groups excluding carboxylic acids is 2. The summed E-state index contributed by atoms with van der Waals surface area (Å²) in [4.78, 5) is 44.1. The number of ether oxygens (including phenoxy) is 2. The van der Waals surface area contributed by atoms with Crippen LogP contribution in [0.25, 0.3) is 22.5 Å². The lowest BCUT2D eigenvalue weighted by Gasteiger charge is -2.27. The molecule has 274 valence electrons. The van der Waals surface area contributed by atoms with Gasteiger partial charge in [-0.05, 0) is 97.0 Å². The van der Waals surface area contributed by atoms with Crippen LogP contribution >= 0.6 is 0 Å². The van der Waals surface area contributed by atoms with Crippen LogP contribution in [0, 0.1) is 11.8 Å². The molecule has 3 N–H and O–H groups in total. The fourth-order valence-corrected chi connectivity index (χ4v) is 5.88. The first-order valence-electron chi connectivity index (χ1n) is 17.0. The molecule has 2 amide bonds. The zero-order valence-electron chi connectivity index (χ0n) is 28.5. The number of nitrogens with zero attached hydrogens (tertiary/aromatic N) is 5. The molecule has 0 atom stereocenters. The maximum atomic E-state index is 12.5. The van der Waals surface area contributed by atoms with E-state index in [1.807, 2.05) is 62.4 Å². The van der Waals surface area contributed by atoms with Crippen molar-refractivity contribution in [1.29, 1.82) is 0 Å². The molecule has 51 heavy (non-hydrogen) atoms. The van der Waals surface area contributed by atoms with Crippen LogP contribution in [-0.4, -0.2) is 83.1 Å². The Bertz CT molecular complexity index is 1670. The third-order valence-electron chi connectivity index (χ3n) is 8.56. The van der Waals surface area contributed by atoms with Gasteiger partial charge in [0.15, 0.2) is 0 Å². The first-order chi connectivity index (χ1) is 23.9. The topological polar surface area (TPSA) is 143 Å². The van der Waals surface area contributed by atoms with Gasteiger partial charge in [-0.15, -0.1) is 0 Å². The predicted octanol–water partition coefficient (Wildman–Crippen LogP) is 6.58. The van der Waals surface area contributed by atoms with Gasteiger partial charge < -0.3 is 30.3 Å². The Balaban J connectivity index is 0.000000265. The Kier molecular flexibility index (Phi) is 16.4. The molecule has 2 saturated heterocycles. The summed E-state index contributed by atoms with van der Waals surface area (Å²) in [6, 6.07) is 19.0. The number of para-hydroxylation sites is 2. The van der Waals surface area contributed by atoms with E-state index in [1.54, 1.807) is 12.1 Å². The third kappa shape index (κ3) is 11.5. The van der Waals surface area contributed by atoms with Crippen molar-refractivity contribution >= 4 is 23.5 Å². The zero-order chi connectivity index (χ0) is 34.4. The smallest absolute Gasteiger partial charge is 0.228 e. The number of aromatic nitrogens is 4. The van der Waals surface area contributed by atoms with Gasteiger partial charge in [0, 0.05) is 35.1 Å². The lowest BCUT2D eigenvalue weighted by atomic mass is 9.96. The molecule has 0 bridgehead atoms. The van der Waals surface area contributed by atoms with Gasteiger partial charge in [0.2, 0.25) is 11.8 Å². The molecular formula is C39H54N8O4. The van der Waals surface area contributed by atoms with Crippen LogP contribution in [0.3, 0.4) is 0 Å². The predicted molar refractivity (Wildman–Crippen MR) is 204 cm³/mol. The Hall–Kier alpha value is -4.94. The fraction of sp³-hybridized carbons (Fsp3) is 0.436. The molecule has 0 radical (unpaired) electrons. The summed E-state index contributed by atoms with van der Waals surface area (Å²) in [5.41, 5.74) is 3.24. The Morgan fingerprint density at radius 1 is 0.706 bits per heavy atom. The Labute approximate surface area is 302 Å². The van der Waals surface area contributed by atoms with Crippen LogP contribution in [0.2, 0.25) is 0 Å². The van der Waals surface area contributed by atoms with E-state index in [4.69, 9.17) is 9.47 Å². The van der Waals surface area contributed by atoms with Crippen molar-refractivity contribution in [3.8, 4) is 34.0 Å². The van der Waals surface area contributed by atoms with E-state index < -0.39 is 0 Å². The van der Waals surface area contributed by atoms with Crippen LogP contribution in [-0.2, 0) is 9.59 Å². The van der Waals surface area contributed by atoms with E-state index in [9.17, 15) is 9.59 Å². The molecule has 2 aromatic heterocycles. The molecule has 2 fully saturated rings. The number of carbonyl (C=O) groups is 2. The maximum Gasteiger partial charge on any atom is 0.228 e. The van der Waals surface area contributed by atoms with Gasteiger partial charge in [-0.1, -0.05) is 39.1 Å². The highest BCUT2D eigenvalue weighted by Crippen LogP contribution is 2.30. The quantitative estimate of drug-likeness (QED) is 0.166. The maximum absolute atomic E-state index is 12.5. The second-order valence-corrected chi connectivity index (χ2v) is 12.0. The highest BCUT2D eigenvalue weighted by Gasteiger charge is 2.24. The SMILES string of the molecule is C.C.CCOc1ccccc1-c1cc(NC(=O)C2CCN(C)CC2)ncn1.CCOc1ccccc1-c1cc(NC(=O)C2CCNCC2)ncn1. The number of hydrogen-bond donors (Lipinski definition) is 3. The van der Waals surface area contributed by atoms with E-state index in [2.05, 4.69) is 47.8 Å². The normalized spacial score (nSPS) is 14.8. The number of anilines is 2. The van der Waals surface area contributed by atoms with Gasteiger partial charge in [0.25, 0.3) is 0 Å². The lowest BCUT2D eigenvalue weighted by molar-refractivity contribution is -0.121. The van der Waals surface area contributed by atoms with E-state index >= 15 is 0 Å². The minimum absolute atomic E-state index is 0. The summed E-state index contributed by atoms with van der Waals surface area (Å²) in [5.74, 6) is 2.75. The molecule has 12 nitrogen and oxygen atoms in total. The van der Waals surface area contributed by atoms with Crippen molar-refractivity contribution in [2.75, 3.05) is 57.1 Å². The molecular weight excluding hydrogens is 644 g/mol. The van der Waals surface area contributed by atoms with Gasteiger partial charge >= 0.3 is 0 Å². The van der Waals surface area contributed by atoms with Crippen LogP contribution < -0.4 is 25.4 Å². The largest absolute Gasteiger partial charge is 0.493 e. The summed E-state index contributed by atoms with van der Waals surface area (Å²) in [6.45, 7) is 8.74. The highest BCUT2D eigenvalue weighted by molar-refractivity contribution is 5.93. The summed E-state index contributed by atoms with van der Waals surface area (Å²) in [5, 5.41) is 9.12. The van der Waals surface area contributed by atoms with E-state index in [1.165, 1.54) is 12.7 Å². The molecule has 0 spiro atoms. The van der Waals surface area contributed by atoms with Crippen molar-refractivity contribution in [3.63, 3.8) is 0 Å². The van der Waals surface area contributed by atoms with Crippen molar-refractivity contribution in [3.05, 3.63) is 73.3 Å². The van der Waals surface area contributed by atoms with Crippen LogP contribution in [0.5, 0.6) is 11.5 Å². The monoisotopic (exact) mass is 698 g/mol. The van der Waals surface area contributed by atoms with Gasteiger partial charge in [-0.25, -0.2) is 19.9 Å². The second kappa shape index (κ2) is 20.7. The molecule has 0 unspecified atom stereocenters. The summed E-state index contributed by atoms with van der Waals surface area (Å²) < 4.78 is 11.3. The molecule has 4 aromatic rings. The van der Waals surface area contributed by atoms with Crippen LogP contribution in [0.4, 0.5) is 11.6 Å². The van der Waals surface area contributed by atoms with E-state index in [-0.39, 0.29) is 38.5 Å². The molecule has 4 heterocycles. The number of nitrogens with one attached hydrogen (secondary N) is 3. The number of hydrogen-bond acceptors (Lipinski definition) is 10. The zero-order valence-corrected chi connectivity index (χ0v) is 28.5. The Morgan fingerprint density at radius 3 is 1.59 bits per heavy atom. The van der Waals surface area contributed by atoms with Gasteiger partial charge in [-0.2, -0.15) is 0 Å². The summed E-state index contributed by atoms with van der Waals surface area (Å²) in [6.07, 6.45) is 6.42. The minimum atomic E-state index is 0. The summed E-state index contributed by atoms with van der Waals surface area (Å²) >= 11 is 0. The van der Waals surface area contributed by atoms with Crippen LogP contribution in [0.15, 0.2) is 73.3 Å².